The van der Waals surface area contributed by atoms with Gasteiger partial charge in [-0.1, -0.05) is 42.5 Å². The van der Waals surface area contributed by atoms with Crippen molar-refractivity contribution in [2.24, 2.45) is 0 Å². The summed E-state index contributed by atoms with van der Waals surface area (Å²) in [5, 5.41) is 18.5. The summed E-state index contributed by atoms with van der Waals surface area (Å²) >= 11 is 0. The number of benzene rings is 2. The van der Waals surface area contributed by atoms with Crippen LogP contribution in [0.4, 0.5) is 11.8 Å². The van der Waals surface area contributed by atoms with E-state index in [1.807, 2.05) is 72.9 Å². The zero-order chi connectivity index (χ0) is 24.0. The van der Waals surface area contributed by atoms with Crippen LogP contribution in [-0.4, -0.2) is 64.8 Å². The van der Waals surface area contributed by atoms with Crippen molar-refractivity contribution < 1.29 is 14.6 Å². The van der Waals surface area contributed by atoms with Gasteiger partial charge >= 0.3 is 0 Å². The molecule has 4 aromatic rings. The molecular weight excluding hydrogens is 444 g/mol. The maximum absolute atomic E-state index is 10.6. The largest absolute Gasteiger partial charge is 0.497 e. The zero-order valence-electron chi connectivity index (χ0n) is 19.5. The topological polar surface area (TPSA) is 97.6 Å². The Balaban J connectivity index is 1.43. The molecule has 0 amide bonds. The van der Waals surface area contributed by atoms with E-state index in [2.05, 4.69) is 15.2 Å². The summed E-state index contributed by atoms with van der Waals surface area (Å²) in [4.78, 5) is 11.6. The Bertz CT molecular complexity index is 1260. The summed E-state index contributed by atoms with van der Waals surface area (Å²) in [7, 11) is 1.65. The number of aliphatic hydroxyl groups excluding tert-OH is 1. The van der Waals surface area contributed by atoms with Crippen LogP contribution in [0.2, 0.25) is 0 Å². The predicted molar refractivity (Wildman–Crippen MR) is 134 cm³/mol. The molecule has 0 aliphatic carbocycles. The number of nitrogens with zero attached hydrogens (tertiary/aromatic N) is 5. The Labute approximate surface area is 204 Å². The highest BCUT2D eigenvalue weighted by molar-refractivity contribution is 5.61. The highest BCUT2D eigenvalue weighted by atomic mass is 16.5. The number of ether oxygens (including phenoxy) is 2. The average Bonchev–Trinajstić information content (AvgIpc) is 3.43. The standard InChI is InChI=1S/C26H28N6O3/c1-34-21-9-5-8-20(16-21)22-10-11-32(30-22)25-17-24(31-12-14-35-15-13-31)28-26(29-25)27-18-23(33)19-6-3-2-4-7-19/h2-11,16-17,23,33H,12-15,18H2,1H3,(H,27,28,29). The Morgan fingerprint density at radius 1 is 1.00 bits per heavy atom. The van der Waals surface area contributed by atoms with E-state index in [1.54, 1.807) is 11.8 Å². The van der Waals surface area contributed by atoms with Gasteiger partial charge in [0.25, 0.3) is 0 Å². The van der Waals surface area contributed by atoms with Crippen molar-refractivity contribution in [1.82, 2.24) is 19.7 Å². The lowest BCUT2D eigenvalue weighted by Gasteiger charge is -2.28. The molecule has 1 unspecified atom stereocenters. The van der Waals surface area contributed by atoms with Crippen LogP contribution in [0.25, 0.3) is 17.1 Å². The number of nitrogens with one attached hydrogen (secondary N) is 1. The van der Waals surface area contributed by atoms with Gasteiger partial charge in [0, 0.05) is 37.5 Å². The summed E-state index contributed by atoms with van der Waals surface area (Å²) in [6.07, 6.45) is 1.20. The number of morpholine rings is 1. The van der Waals surface area contributed by atoms with Crippen LogP contribution in [0.15, 0.2) is 72.9 Å². The smallest absolute Gasteiger partial charge is 0.226 e. The second-order valence-corrected chi connectivity index (χ2v) is 8.19. The quantitative estimate of drug-likeness (QED) is 0.403. The molecular formula is C26H28N6O3. The van der Waals surface area contributed by atoms with Gasteiger partial charge in [-0.05, 0) is 23.8 Å². The summed E-state index contributed by atoms with van der Waals surface area (Å²) in [5.41, 5.74) is 2.60. The van der Waals surface area contributed by atoms with Gasteiger partial charge in [0.2, 0.25) is 5.95 Å². The van der Waals surface area contributed by atoms with Crippen LogP contribution in [0, 0.1) is 0 Å². The molecule has 2 aromatic heterocycles. The van der Waals surface area contributed by atoms with Gasteiger partial charge < -0.3 is 24.8 Å². The van der Waals surface area contributed by atoms with Gasteiger partial charge in [0.05, 0.1) is 32.1 Å². The van der Waals surface area contributed by atoms with E-state index in [1.165, 1.54) is 0 Å². The van der Waals surface area contributed by atoms with E-state index in [-0.39, 0.29) is 6.54 Å². The second kappa shape index (κ2) is 10.5. The molecule has 9 nitrogen and oxygen atoms in total. The molecule has 35 heavy (non-hydrogen) atoms. The van der Waals surface area contributed by atoms with Gasteiger partial charge in [-0.15, -0.1) is 0 Å². The molecule has 5 rings (SSSR count). The van der Waals surface area contributed by atoms with Crippen molar-refractivity contribution >= 4 is 11.8 Å². The monoisotopic (exact) mass is 472 g/mol. The summed E-state index contributed by atoms with van der Waals surface area (Å²) in [6, 6.07) is 21.2. The molecule has 180 valence electrons. The van der Waals surface area contributed by atoms with Crippen LogP contribution in [-0.2, 0) is 4.74 Å². The molecule has 3 heterocycles. The molecule has 1 saturated heterocycles. The van der Waals surface area contributed by atoms with Crippen molar-refractivity contribution in [2.45, 2.75) is 6.10 Å². The lowest BCUT2D eigenvalue weighted by Crippen LogP contribution is -2.37. The predicted octanol–water partition coefficient (Wildman–Crippen LogP) is 3.32. The van der Waals surface area contributed by atoms with Crippen LogP contribution >= 0.6 is 0 Å². The highest BCUT2D eigenvalue weighted by Crippen LogP contribution is 2.24. The van der Waals surface area contributed by atoms with E-state index in [0.717, 1.165) is 41.5 Å². The minimum Gasteiger partial charge on any atom is -0.497 e. The number of anilines is 2. The first-order chi connectivity index (χ1) is 17.2. The van der Waals surface area contributed by atoms with Crippen molar-refractivity contribution in [2.75, 3.05) is 50.2 Å². The molecule has 0 radical (unpaired) electrons. The van der Waals surface area contributed by atoms with Crippen molar-refractivity contribution in [3.8, 4) is 22.8 Å². The fourth-order valence-electron chi connectivity index (χ4n) is 3.94. The molecule has 1 atom stereocenters. The maximum atomic E-state index is 10.6. The molecule has 1 aliphatic rings. The average molecular weight is 473 g/mol. The Hall–Kier alpha value is -3.95. The van der Waals surface area contributed by atoms with Gasteiger partial charge in [0.15, 0.2) is 5.82 Å². The van der Waals surface area contributed by atoms with Gasteiger partial charge in [0.1, 0.15) is 11.6 Å². The van der Waals surface area contributed by atoms with E-state index >= 15 is 0 Å². The van der Waals surface area contributed by atoms with Crippen LogP contribution < -0.4 is 15.0 Å². The molecule has 2 aromatic carbocycles. The summed E-state index contributed by atoms with van der Waals surface area (Å²) < 4.78 is 12.6. The first kappa shape index (κ1) is 22.8. The van der Waals surface area contributed by atoms with E-state index in [9.17, 15) is 5.11 Å². The third-order valence-corrected chi connectivity index (χ3v) is 5.86. The third-order valence-electron chi connectivity index (χ3n) is 5.86. The van der Waals surface area contributed by atoms with E-state index in [0.29, 0.717) is 25.0 Å². The van der Waals surface area contributed by atoms with E-state index < -0.39 is 6.10 Å². The number of aliphatic hydroxyl groups is 1. The third kappa shape index (κ3) is 5.42. The number of aromatic nitrogens is 4. The number of rotatable bonds is 8. The molecule has 2 N–H and O–H groups in total. The van der Waals surface area contributed by atoms with Crippen LogP contribution in [0.3, 0.4) is 0 Å². The Kier molecular flexibility index (Phi) is 6.87. The molecule has 0 bridgehead atoms. The van der Waals surface area contributed by atoms with Crippen molar-refractivity contribution in [1.29, 1.82) is 0 Å². The lowest BCUT2D eigenvalue weighted by molar-refractivity contribution is 0.122. The Morgan fingerprint density at radius 3 is 2.60 bits per heavy atom. The first-order valence-electron chi connectivity index (χ1n) is 11.6. The highest BCUT2D eigenvalue weighted by Gasteiger charge is 2.17. The van der Waals surface area contributed by atoms with Crippen molar-refractivity contribution in [3.05, 3.63) is 78.5 Å². The van der Waals surface area contributed by atoms with Crippen LogP contribution in [0.5, 0.6) is 5.75 Å². The molecule has 1 fully saturated rings. The molecule has 1 aliphatic heterocycles. The fraction of sp³-hybridized carbons (Fsp3) is 0.269. The lowest BCUT2D eigenvalue weighted by atomic mass is 10.1. The number of hydrogen-bond acceptors (Lipinski definition) is 8. The second-order valence-electron chi connectivity index (χ2n) is 8.19. The first-order valence-corrected chi connectivity index (χ1v) is 11.6. The normalized spacial score (nSPS) is 14.5. The zero-order valence-corrected chi connectivity index (χ0v) is 19.5. The maximum Gasteiger partial charge on any atom is 0.226 e. The van der Waals surface area contributed by atoms with Crippen LogP contribution in [0.1, 0.15) is 11.7 Å². The molecule has 9 heteroatoms. The van der Waals surface area contributed by atoms with Gasteiger partial charge in [-0.3, -0.25) is 0 Å². The molecule has 0 spiro atoms. The van der Waals surface area contributed by atoms with Gasteiger partial charge in [-0.2, -0.15) is 15.1 Å². The summed E-state index contributed by atoms with van der Waals surface area (Å²) in [5.74, 6) is 2.62. The number of methoxy groups -OCH3 is 1. The van der Waals surface area contributed by atoms with Crippen molar-refractivity contribution in [3.63, 3.8) is 0 Å². The SMILES string of the molecule is COc1cccc(-c2ccn(-c3cc(N4CCOCC4)nc(NCC(O)c4ccccc4)n3)n2)c1. The summed E-state index contributed by atoms with van der Waals surface area (Å²) in [6.45, 7) is 3.07. The van der Waals surface area contributed by atoms with E-state index in [4.69, 9.17) is 19.6 Å². The molecule has 0 saturated carbocycles. The van der Waals surface area contributed by atoms with Gasteiger partial charge in [-0.25, -0.2) is 4.68 Å². The minimum absolute atomic E-state index is 0.282. The number of hydrogen-bond donors (Lipinski definition) is 2. The Morgan fingerprint density at radius 2 is 1.80 bits per heavy atom. The fourth-order valence-corrected chi connectivity index (χ4v) is 3.94. The minimum atomic E-state index is -0.681.